The number of rotatable bonds is 6. The quantitative estimate of drug-likeness (QED) is 0.545. The van der Waals surface area contributed by atoms with Crippen molar-refractivity contribution in [1.29, 1.82) is 0 Å². The fourth-order valence-corrected chi connectivity index (χ4v) is 5.69. The molecule has 1 aliphatic heterocycles. The van der Waals surface area contributed by atoms with Gasteiger partial charge in [0.05, 0.1) is 0 Å². The van der Waals surface area contributed by atoms with E-state index in [2.05, 4.69) is 25.5 Å². The van der Waals surface area contributed by atoms with Crippen LogP contribution in [0.5, 0.6) is 0 Å². The molecule has 3 aromatic rings. The lowest BCUT2D eigenvalue weighted by molar-refractivity contribution is -0.125. The van der Waals surface area contributed by atoms with Crippen molar-refractivity contribution in [2.45, 2.75) is 59.0 Å². The van der Waals surface area contributed by atoms with Gasteiger partial charge >= 0.3 is 0 Å². The van der Waals surface area contributed by atoms with Gasteiger partial charge in [0.1, 0.15) is 17.6 Å². The first kappa shape index (κ1) is 23.5. The maximum Gasteiger partial charge on any atom is 0.273 e. The molecule has 0 radical (unpaired) electrons. The average Bonchev–Trinajstić information content (AvgIpc) is 3.52. The van der Waals surface area contributed by atoms with Crippen LogP contribution >= 0.6 is 11.3 Å². The molecule has 0 spiro atoms. The number of piperidine rings is 1. The molecule has 2 aromatic heterocycles. The smallest absolute Gasteiger partial charge is 0.273 e. The van der Waals surface area contributed by atoms with Gasteiger partial charge in [-0.3, -0.25) is 19.0 Å². The number of fused-ring (bicyclic) bond motifs is 1. The highest BCUT2D eigenvalue weighted by Gasteiger charge is 2.30. The summed E-state index contributed by atoms with van der Waals surface area (Å²) in [6, 6.07) is 4.41. The zero-order chi connectivity index (χ0) is 24.7. The van der Waals surface area contributed by atoms with Gasteiger partial charge in [0.2, 0.25) is 11.8 Å². The Balaban J connectivity index is 1.26. The number of aromatic nitrogens is 3. The average molecular weight is 495 g/mol. The van der Waals surface area contributed by atoms with Crippen LogP contribution in [0.1, 0.15) is 42.4 Å². The molecule has 1 saturated carbocycles. The minimum Gasteiger partial charge on any atom is -0.353 e. The molecular formula is C25H30N6O3S. The molecule has 0 bridgehead atoms. The summed E-state index contributed by atoms with van der Waals surface area (Å²) in [5.74, 6) is -0.0780. The Morgan fingerprint density at radius 3 is 2.43 bits per heavy atom. The molecule has 9 nitrogen and oxygen atoms in total. The zero-order valence-electron chi connectivity index (χ0n) is 20.3. The van der Waals surface area contributed by atoms with Gasteiger partial charge in [0.15, 0.2) is 10.8 Å². The molecule has 35 heavy (non-hydrogen) atoms. The molecule has 184 valence electrons. The molecule has 1 aliphatic carbocycles. The van der Waals surface area contributed by atoms with Crippen LogP contribution in [0, 0.1) is 26.7 Å². The first-order valence-corrected chi connectivity index (χ1v) is 12.9. The second-order valence-electron chi connectivity index (χ2n) is 9.69. The van der Waals surface area contributed by atoms with E-state index < -0.39 is 0 Å². The van der Waals surface area contributed by atoms with Crippen LogP contribution in [0.3, 0.4) is 0 Å². The number of anilines is 2. The Morgan fingerprint density at radius 2 is 1.77 bits per heavy atom. The van der Waals surface area contributed by atoms with Crippen molar-refractivity contribution >= 4 is 44.3 Å². The van der Waals surface area contributed by atoms with E-state index in [9.17, 15) is 14.4 Å². The number of carbonyl (C=O) groups excluding carboxylic acids is 2. The van der Waals surface area contributed by atoms with E-state index >= 15 is 0 Å². The van der Waals surface area contributed by atoms with Crippen molar-refractivity contribution in [3.63, 3.8) is 0 Å². The van der Waals surface area contributed by atoms with Gasteiger partial charge < -0.3 is 15.5 Å². The van der Waals surface area contributed by atoms with Gasteiger partial charge in [-0.05, 0) is 57.6 Å². The second kappa shape index (κ2) is 9.41. The number of aryl methyl sites for hydroxylation is 3. The Morgan fingerprint density at radius 1 is 1.09 bits per heavy atom. The highest BCUT2D eigenvalue weighted by molar-refractivity contribution is 7.22. The highest BCUT2D eigenvalue weighted by Crippen LogP contribution is 2.30. The lowest BCUT2D eigenvalue weighted by Crippen LogP contribution is -2.41. The monoisotopic (exact) mass is 494 g/mol. The normalized spacial score (nSPS) is 16.5. The molecule has 2 N–H and O–H groups in total. The van der Waals surface area contributed by atoms with Gasteiger partial charge in [0, 0.05) is 30.7 Å². The highest BCUT2D eigenvalue weighted by atomic mass is 32.1. The van der Waals surface area contributed by atoms with Crippen molar-refractivity contribution in [2.24, 2.45) is 5.92 Å². The summed E-state index contributed by atoms with van der Waals surface area (Å²) in [5.41, 5.74) is 4.00. The Labute approximate surface area is 207 Å². The van der Waals surface area contributed by atoms with E-state index in [1.807, 2.05) is 32.9 Å². The number of hydrogen-bond donors (Lipinski definition) is 2. The summed E-state index contributed by atoms with van der Waals surface area (Å²) in [6.45, 7) is 7.24. The third-order valence-corrected chi connectivity index (χ3v) is 7.78. The van der Waals surface area contributed by atoms with Gasteiger partial charge in [-0.1, -0.05) is 29.0 Å². The molecule has 2 amide bonds. The first-order chi connectivity index (χ1) is 16.8. The van der Waals surface area contributed by atoms with E-state index in [1.54, 1.807) is 0 Å². The van der Waals surface area contributed by atoms with E-state index in [0.29, 0.717) is 29.5 Å². The van der Waals surface area contributed by atoms with Gasteiger partial charge in [0.25, 0.3) is 5.56 Å². The molecule has 5 rings (SSSR count). The van der Waals surface area contributed by atoms with Crippen molar-refractivity contribution in [3.05, 3.63) is 45.5 Å². The Kier molecular flexibility index (Phi) is 6.31. The predicted octanol–water partition coefficient (Wildman–Crippen LogP) is 2.91. The SMILES string of the molecule is Cc1cc(C)c(NC(=O)Cn2cnc3nc(N4CCC(C(=O)NC5CC5)CC4)sc3c2=O)c(C)c1. The summed E-state index contributed by atoms with van der Waals surface area (Å²) in [4.78, 5) is 49.2. The van der Waals surface area contributed by atoms with Crippen molar-refractivity contribution < 1.29 is 9.59 Å². The summed E-state index contributed by atoms with van der Waals surface area (Å²) in [7, 11) is 0. The molecule has 10 heteroatoms. The lowest BCUT2D eigenvalue weighted by Gasteiger charge is -2.30. The van der Waals surface area contributed by atoms with Crippen molar-refractivity contribution in [3.8, 4) is 0 Å². The second-order valence-corrected chi connectivity index (χ2v) is 10.7. The van der Waals surface area contributed by atoms with Crippen LogP contribution in [0.25, 0.3) is 10.3 Å². The molecule has 2 aliphatic rings. The summed E-state index contributed by atoms with van der Waals surface area (Å²) >= 11 is 1.30. The minimum atomic E-state index is -0.278. The number of thiazole rings is 1. The van der Waals surface area contributed by atoms with Crippen molar-refractivity contribution in [2.75, 3.05) is 23.3 Å². The standard InChI is InChI=1S/C25H30N6O3S/c1-14-10-15(2)20(16(3)11-14)28-19(32)12-31-13-26-22-21(24(31)34)35-25(29-22)30-8-6-17(7-9-30)23(33)27-18-4-5-18/h10-11,13,17-18H,4-9,12H2,1-3H3,(H,27,33)(H,28,32). The molecular weight excluding hydrogens is 464 g/mol. The largest absolute Gasteiger partial charge is 0.353 e. The molecule has 1 saturated heterocycles. The Bertz CT molecular complexity index is 1330. The van der Waals surface area contributed by atoms with E-state index in [-0.39, 0.29) is 29.8 Å². The number of hydrogen-bond acceptors (Lipinski definition) is 7. The summed E-state index contributed by atoms with van der Waals surface area (Å²) < 4.78 is 1.76. The van der Waals surface area contributed by atoms with Gasteiger partial charge in [-0.15, -0.1) is 0 Å². The number of amides is 2. The first-order valence-electron chi connectivity index (χ1n) is 12.1. The van der Waals surface area contributed by atoms with Crippen LogP contribution < -0.4 is 21.1 Å². The van der Waals surface area contributed by atoms with Crippen LogP contribution in [-0.4, -0.2) is 45.5 Å². The third kappa shape index (κ3) is 5.07. The summed E-state index contributed by atoms with van der Waals surface area (Å²) in [5, 5.41) is 6.77. The predicted molar refractivity (Wildman–Crippen MR) is 137 cm³/mol. The van der Waals surface area contributed by atoms with Crippen LogP contribution in [0.15, 0.2) is 23.3 Å². The Hall–Kier alpha value is -3.27. The summed E-state index contributed by atoms with van der Waals surface area (Å²) in [6.07, 6.45) is 5.10. The fraction of sp³-hybridized carbons (Fsp3) is 0.480. The maximum atomic E-state index is 13.1. The van der Waals surface area contributed by atoms with E-state index in [0.717, 1.165) is 53.2 Å². The van der Waals surface area contributed by atoms with E-state index in [4.69, 9.17) is 0 Å². The van der Waals surface area contributed by atoms with Crippen LogP contribution in [-0.2, 0) is 16.1 Å². The molecule has 2 fully saturated rings. The number of nitrogens with one attached hydrogen (secondary N) is 2. The lowest BCUT2D eigenvalue weighted by atomic mass is 9.96. The van der Waals surface area contributed by atoms with Crippen LogP contribution in [0.4, 0.5) is 10.8 Å². The number of benzene rings is 1. The zero-order valence-corrected chi connectivity index (χ0v) is 21.1. The fourth-order valence-electron chi connectivity index (χ4n) is 4.67. The molecule has 0 unspecified atom stereocenters. The van der Waals surface area contributed by atoms with Crippen molar-refractivity contribution in [1.82, 2.24) is 19.9 Å². The van der Waals surface area contributed by atoms with Gasteiger partial charge in [-0.25, -0.2) is 4.98 Å². The molecule has 3 heterocycles. The molecule has 1 aromatic carbocycles. The molecule has 0 atom stereocenters. The third-order valence-electron chi connectivity index (χ3n) is 6.69. The number of carbonyl (C=O) groups is 2. The van der Waals surface area contributed by atoms with Gasteiger partial charge in [-0.2, -0.15) is 4.98 Å². The number of nitrogens with zero attached hydrogens (tertiary/aromatic N) is 4. The maximum absolute atomic E-state index is 13.1. The van der Waals surface area contributed by atoms with Crippen LogP contribution in [0.2, 0.25) is 0 Å². The van der Waals surface area contributed by atoms with E-state index in [1.165, 1.54) is 22.2 Å². The topological polar surface area (TPSA) is 109 Å². The minimum absolute atomic E-state index is 0.0379.